The van der Waals surface area contributed by atoms with Gasteiger partial charge in [0.15, 0.2) is 11.6 Å². The summed E-state index contributed by atoms with van der Waals surface area (Å²) in [5, 5.41) is 10.1. The Morgan fingerprint density at radius 2 is 1.92 bits per heavy atom. The number of nitrogens with zero attached hydrogens (tertiary/aromatic N) is 3. The normalized spacial score (nSPS) is 11.2. The predicted octanol–water partition coefficient (Wildman–Crippen LogP) is 2.38. The Hall–Kier alpha value is -3.14. The van der Waals surface area contributed by atoms with Crippen molar-refractivity contribution in [2.75, 3.05) is 22.9 Å². The van der Waals surface area contributed by atoms with Crippen LogP contribution in [-0.4, -0.2) is 41.4 Å². The SMILES string of the molecule is CCS(=O)(=O)Nc1ccc(-c2cc(Nc3cncc(OC)n3)n[nH]2)cc1. The van der Waals surface area contributed by atoms with Crippen molar-refractivity contribution in [3.8, 4) is 17.1 Å². The lowest BCUT2D eigenvalue weighted by Gasteiger charge is -2.06. The molecule has 3 rings (SSSR count). The van der Waals surface area contributed by atoms with Crippen molar-refractivity contribution in [3.63, 3.8) is 0 Å². The van der Waals surface area contributed by atoms with Gasteiger partial charge in [-0.15, -0.1) is 0 Å². The molecule has 0 atom stereocenters. The number of benzene rings is 1. The van der Waals surface area contributed by atoms with Crippen molar-refractivity contribution in [2.45, 2.75) is 6.92 Å². The molecule has 1 aromatic carbocycles. The van der Waals surface area contributed by atoms with Crippen LogP contribution in [0, 0.1) is 0 Å². The molecule has 0 bridgehead atoms. The lowest BCUT2D eigenvalue weighted by molar-refractivity contribution is 0.396. The second-order valence-corrected chi connectivity index (χ2v) is 7.33. The number of anilines is 3. The topological polar surface area (TPSA) is 122 Å². The summed E-state index contributed by atoms with van der Waals surface area (Å²) in [5.74, 6) is 1.50. The van der Waals surface area contributed by atoms with Crippen molar-refractivity contribution in [1.82, 2.24) is 20.2 Å². The van der Waals surface area contributed by atoms with Gasteiger partial charge in [-0.1, -0.05) is 12.1 Å². The van der Waals surface area contributed by atoms with E-state index in [1.165, 1.54) is 13.3 Å². The fourth-order valence-corrected chi connectivity index (χ4v) is 2.78. The average molecular weight is 374 g/mol. The Morgan fingerprint density at radius 3 is 2.62 bits per heavy atom. The van der Waals surface area contributed by atoms with Crippen LogP contribution in [0.3, 0.4) is 0 Å². The van der Waals surface area contributed by atoms with Gasteiger partial charge in [0.05, 0.1) is 31.0 Å². The van der Waals surface area contributed by atoms with E-state index < -0.39 is 10.0 Å². The van der Waals surface area contributed by atoms with Crippen LogP contribution in [0.15, 0.2) is 42.7 Å². The Bertz CT molecular complexity index is 985. The van der Waals surface area contributed by atoms with Gasteiger partial charge in [0.25, 0.3) is 0 Å². The molecule has 0 aliphatic heterocycles. The molecule has 0 radical (unpaired) electrons. The summed E-state index contributed by atoms with van der Waals surface area (Å²) < 4.78 is 30.7. The van der Waals surface area contributed by atoms with E-state index in [1.54, 1.807) is 37.4 Å². The number of hydrogen-bond acceptors (Lipinski definition) is 7. The zero-order valence-electron chi connectivity index (χ0n) is 14.2. The molecule has 3 N–H and O–H groups in total. The Morgan fingerprint density at radius 1 is 1.15 bits per heavy atom. The van der Waals surface area contributed by atoms with Crippen molar-refractivity contribution >= 4 is 27.3 Å². The maximum absolute atomic E-state index is 11.6. The van der Waals surface area contributed by atoms with E-state index in [-0.39, 0.29) is 5.75 Å². The number of methoxy groups -OCH3 is 1. The van der Waals surface area contributed by atoms with E-state index in [4.69, 9.17) is 4.74 Å². The van der Waals surface area contributed by atoms with Gasteiger partial charge in [0.2, 0.25) is 15.9 Å². The number of rotatable bonds is 7. The van der Waals surface area contributed by atoms with Crippen molar-refractivity contribution < 1.29 is 13.2 Å². The lowest BCUT2D eigenvalue weighted by Crippen LogP contribution is -2.14. The maximum Gasteiger partial charge on any atom is 0.233 e. The van der Waals surface area contributed by atoms with Gasteiger partial charge >= 0.3 is 0 Å². The summed E-state index contributed by atoms with van der Waals surface area (Å²) in [7, 11) is -1.77. The van der Waals surface area contributed by atoms with Crippen LogP contribution in [0.2, 0.25) is 0 Å². The van der Waals surface area contributed by atoms with E-state index in [9.17, 15) is 8.42 Å². The second kappa shape index (κ2) is 7.40. The monoisotopic (exact) mass is 374 g/mol. The predicted molar refractivity (Wildman–Crippen MR) is 99.0 cm³/mol. The number of aromatic amines is 1. The first-order valence-electron chi connectivity index (χ1n) is 7.78. The molecule has 0 spiro atoms. The van der Waals surface area contributed by atoms with Gasteiger partial charge in [-0.05, 0) is 24.6 Å². The first-order valence-corrected chi connectivity index (χ1v) is 9.43. The fraction of sp³-hybridized carbons (Fsp3) is 0.188. The minimum absolute atomic E-state index is 0.0253. The molecule has 0 fully saturated rings. The van der Waals surface area contributed by atoms with Crippen LogP contribution in [0.25, 0.3) is 11.3 Å². The maximum atomic E-state index is 11.6. The highest BCUT2D eigenvalue weighted by molar-refractivity contribution is 7.92. The zero-order chi connectivity index (χ0) is 18.6. The summed E-state index contributed by atoms with van der Waals surface area (Å²) in [6.07, 6.45) is 3.07. The highest BCUT2D eigenvalue weighted by Crippen LogP contribution is 2.23. The van der Waals surface area contributed by atoms with Gasteiger partial charge < -0.3 is 10.1 Å². The second-order valence-electron chi connectivity index (χ2n) is 5.32. The molecule has 0 amide bonds. The third kappa shape index (κ3) is 4.28. The first kappa shape index (κ1) is 17.7. The Balaban J connectivity index is 1.73. The molecular weight excluding hydrogens is 356 g/mol. The summed E-state index contributed by atoms with van der Waals surface area (Å²) >= 11 is 0. The minimum Gasteiger partial charge on any atom is -0.480 e. The number of aromatic nitrogens is 4. The van der Waals surface area contributed by atoms with Crippen LogP contribution in [-0.2, 0) is 10.0 Å². The molecule has 9 nitrogen and oxygen atoms in total. The summed E-state index contributed by atoms with van der Waals surface area (Å²) in [6, 6.07) is 8.81. The van der Waals surface area contributed by atoms with Crippen LogP contribution < -0.4 is 14.8 Å². The molecule has 10 heteroatoms. The largest absolute Gasteiger partial charge is 0.480 e. The number of nitrogens with one attached hydrogen (secondary N) is 3. The fourth-order valence-electron chi connectivity index (χ4n) is 2.14. The lowest BCUT2D eigenvalue weighted by atomic mass is 10.1. The summed E-state index contributed by atoms with van der Waals surface area (Å²) in [6.45, 7) is 1.59. The van der Waals surface area contributed by atoms with Crippen molar-refractivity contribution in [1.29, 1.82) is 0 Å². The Labute approximate surface area is 150 Å². The van der Waals surface area contributed by atoms with Gasteiger partial charge in [0, 0.05) is 11.8 Å². The third-order valence-corrected chi connectivity index (χ3v) is 4.81. The number of ether oxygens (including phenoxy) is 1. The quantitative estimate of drug-likeness (QED) is 0.580. The van der Waals surface area contributed by atoms with Crippen LogP contribution >= 0.6 is 0 Å². The minimum atomic E-state index is -3.29. The smallest absolute Gasteiger partial charge is 0.233 e. The molecule has 2 aromatic heterocycles. The molecule has 0 unspecified atom stereocenters. The van der Waals surface area contributed by atoms with Gasteiger partial charge in [0.1, 0.15) is 0 Å². The van der Waals surface area contributed by atoms with Gasteiger partial charge in [-0.2, -0.15) is 10.1 Å². The molecule has 136 valence electrons. The van der Waals surface area contributed by atoms with Crippen molar-refractivity contribution in [2.24, 2.45) is 0 Å². The molecule has 0 aliphatic carbocycles. The molecule has 0 saturated heterocycles. The van der Waals surface area contributed by atoms with Gasteiger partial charge in [-0.3, -0.25) is 14.8 Å². The molecular formula is C16H18N6O3S. The molecule has 2 heterocycles. The van der Waals surface area contributed by atoms with Gasteiger partial charge in [-0.25, -0.2) is 8.42 Å². The van der Waals surface area contributed by atoms with E-state index >= 15 is 0 Å². The summed E-state index contributed by atoms with van der Waals surface area (Å²) in [4.78, 5) is 8.23. The molecule has 0 saturated carbocycles. The van der Waals surface area contributed by atoms with Crippen LogP contribution in [0.1, 0.15) is 6.92 Å². The highest BCUT2D eigenvalue weighted by Gasteiger charge is 2.08. The molecule has 3 aromatic rings. The molecule has 0 aliphatic rings. The number of sulfonamides is 1. The Kier molecular flexibility index (Phi) is 5.03. The molecule has 26 heavy (non-hydrogen) atoms. The van der Waals surface area contributed by atoms with E-state index in [1.807, 2.05) is 6.07 Å². The van der Waals surface area contributed by atoms with E-state index in [0.29, 0.717) is 23.2 Å². The number of hydrogen-bond donors (Lipinski definition) is 3. The average Bonchev–Trinajstić information content (AvgIpc) is 3.10. The van der Waals surface area contributed by atoms with E-state index in [2.05, 4.69) is 30.2 Å². The van der Waals surface area contributed by atoms with E-state index in [0.717, 1.165) is 11.3 Å². The van der Waals surface area contributed by atoms with Crippen molar-refractivity contribution in [3.05, 3.63) is 42.7 Å². The summed E-state index contributed by atoms with van der Waals surface area (Å²) in [5.41, 5.74) is 2.15. The third-order valence-electron chi connectivity index (χ3n) is 3.50. The zero-order valence-corrected chi connectivity index (χ0v) is 15.0. The van der Waals surface area contributed by atoms with Crippen LogP contribution in [0.5, 0.6) is 5.88 Å². The highest BCUT2D eigenvalue weighted by atomic mass is 32.2. The van der Waals surface area contributed by atoms with Crippen LogP contribution in [0.4, 0.5) is 17.3 Å². The first-order chi connectivity index (χ1) is 12.5. The standard InChI is InChI=1S/C16H18N6O3S/c1-3-26(23,24)22-12-6-4-11(5-7-12)13-8-14(21-20-13)18-15-9-17-10-16(19-15)25-2/h4-10,22H,3H2,1-2H3,(H2,18,19,20,21). The number of H-pyrrole nitrogens is 1.